The Morgan fingerprint density at radius 2 is 1.04 bits per heavy atom. The molecule has 0 aliphatic heterocycles. The Labute approximate surface area is 169 Å². The Morgan fingerprint density at radius 1 is 0.536 bits per heavy atom. The third kappa shape index (κ3) is 3.44. The number of hydrogen-bond donors (Lipinski definition) is 0. The lowest BCUT2D eigenvalue weighted by atomic mass is 9.67. The van der Waals surface area contributed by atoms with Crippen molar-refractivity contribution < 1.29 is 0 Å². The summed E-state index contributed by atoms with van der Waals surface area (Å²) in [6.45, 7) is 4.63. The fraction of sp³-hybridized carbons (Fsp3) is 0.286. The van der Waals surface area contributed by atoms with Crippen LogP contribution in [-0.2, 0) is 5.41 Å². The van der Waals surface area contributed by atoms with Gasteiger partial charge in [0.2, 0.25) is 0 Å². The molecule has 4 rings (SSSR count). The third-order valence-corrected chi connectivity index (χ3v) is 6.24. The van der Waals surface area contributed by atoms with Crippen LogP contribution in [0.3, 0.4) is 0 Å². The third-order valence-electron chi connectivity index (χ3n) is 6.24. The summed E-state index contributed by atoms with van der Waals surface area (Å²) in [6, 6.07) is 31.7. The van der Waals surface area contributed by atoms with Gasteiger partial charge in [-0.05, 0) is 45.5 Å². The summed E-state index contributed by atoms with van der Waals surface area (Å²) in [6.07, 6.45) is 6.05. The van der Waals surface area contributed by atoms with E-state index in [1.165, 1.54) is 64.8 Å². The number of benzene rings is 4. The molecule has 0 heteroatoms. The Balaban J connectivity index is 1.92. The van der Waals surface area contributed by atoms with Gasteiger partial charge in [0.1, 0.15) is 0 Å². The summed E-state index contributed by atoms with van der Waals surface area (Å²) >= 11 is 0. The molecule has 0 atom stereocenters. The van der Waals surface area contributed by atoms with Crippen LogP contribution in [0.2, 0.25) is 0 Å². The SMILES string of the molecule is CCCCC(CCC)(c1ccc2ccccc2c1)c1ccc2ccccc2c1. The van der Waals surface area contributed by atoms with Crippen LogP contribution in [0.5, 0.6) is 0 Å². The first-order valence-corrected chi connectivity index (χ1v) is 10.8. The van der Waals surface area contributed by atoms with Gasteiger partial charge in [0, 0.05) is 5.41 Å². The topological polar surface area (TPSA) is 0 Å². The average Bonchev–Trinajstić information content (AvgIpc) is 2.76. The molecule has 0 amide bonds. The predicted octanol–water partition coefficient (Wildman–Crippen LogP) is 8.27. The van der Waals surface area contributed by atoms with E-state index in [0.717, 1.165) is 0 Å². The molecule has 0 aliphatic carbocycles. The van der Waals surface area contributed by atoms with Gasteiger partial charge in [-0.3, -0.25) is 0 Å². The highest BCUT2D eigenvalue weighted by Crippen LogP contribution is 2.43. The Kier molecular flexibility index (Phi) is 5.48. The van der Waals surface area contributed by atoms with Gasteiger partial charge in [0.15, 0.2) is 0 Å². The molecule has 0 aliphatic rings. The highest BCUT2D eigenvalue weighted by atomic mass is 14.4. The largest absolute Gasteiger partial charge is 0.0654 e. The highest BCUT2D eigenvalue weighted by molar-refractivity contribution is 5.85. The maximum atomic E-state index is 2.44. The minimum absolute atomic E-state index is 0.0822. The van der Waals surface area contributed by atoms with Crippen molar-refractivity contribution in [3.63, 3.8) is 0 Å². The zero-order valence-electron chi connectivity index (χ0n) is 17.1. The van der Waals surface area contributed by atoms with Gasteiger partial charge in [-0.25, -0.2) is 0 Å². The molecular formula is C28H30. The minimum Gasteiger partial charge on any atom is -0.0654 e. The monoisotopic (exact) mass is 366 g/mol. The van der Waals surface area contributed by atoms with E-state index in [1.807, 2.05) is 0 Å². The van der Waals surface area contributed by atoms with Crippen LogP contribution in [0, 0.1) is 0 Å². The Morgan fingerprint density at radius 3 is 1.50 bits per heavy atom. The summed E-state index contributed by atoms with van der Waals surface area (Å²) in [5, 5.41) is 5.34. The Bertz CT molecular complexity index is 994. The van der Waals surface area contributed by atoms with Crippen LogP contribution < -0.4 is 0 Å². The maximum absolute atomic E-state index is 2.44. The minimum atomic E-state index is 0.0822. The normalized spacial score (nSPS) is 11.9. The molecule has 0 nitrogen and oxygen atoms in total. The number of hydrogen-bond acceptors (Lipinski definition) is 0. The first kappa shape index (κ1) is 18.7. The summed E-state index contributed by atoms with van der Waals surface area (Å²) in [7, 11) is 0. The van der Waals surface area contributed by atoms with Gasteiger partial charge in [-0.15, -0.1) is 0 Å². The van der Waals surface area contributed by atoms with E-state index < -0.39 is 0 Å². The van der Waals surface area contributed by atoms with E-state index in [2.05, 4.69) is 98.8 Å². The van der Waals surface area contributed by atoms with Crippen molar-refractivity contribution in [3.8, 4) is 0 Å². The van der Waals surface area contributed by atoms with E-state index in [0.29, 0.717) is 0 Å². The van der Waals surface area contributed by atoms with Crippen LogP contribution in [-0.4, -0.2) is 0 Å². The van der Waals surface area contributed by atoms with Gasteiger partial charge in [0.25, 0.3) is 0 Å². The van der Waals surface area contributed by atoms with Crippen molar-refractivity contribution in [1.29, 1.82) is 0 Å². The van der Waals surface area contributed by atoms with Crippen molar-refractivity contribution in [2.45, 2.75) is 51.4 Å². The number of rotatable bonds is 7. The molecule has 0 spiro atoms. The molecule has 0 fully saturated rings. The second kappa shape index (κ2) is 8.19. The molecule has 142 valence electrons. The second-order valence-corrected chi connectivity index (χ2v) is 8.06. The standard InChI is InChI=1S/C28H30/c1-3-5-19-28(18-4-2,26-16-14-22-10-6-8-12-24(22)20-26)27-17-15-23-11-7-9-13-25(23)21-27/h6-17,20-21H,3-5,18-19H2,1-2H3. The zero-order valence-corrected chi connectivity index (χ0v) is 17.1. The van der Waals surface area contributed by atoms with Crippen molar-refractivity contribution >= 4 is 21.5 Å². The number of unbranched alkanes of at least 4 members (excludes halogenated alkanes) is 1. The van der Waals surface area contributed by atoms with E-state index in [1.54, 1.807) is 0 Å². The lowest BCUT2D eigenvalue weighted by molar-refractivity contribution is 0.416. The maximum Gasteiger partial charge on any atom is 0.0203 e. The summed E-state index contributed by atoms with van der Waals surface area (Å²) < 4.78 is 0. The summed E-state index contributed by atoms with van der Waals surface area (Å²) in [4.78, 5) is 0. The first-order valence-electron chi connectivity index (χ1n) is 10.8. The van der Waals surface area contributed by atoms with Gasteiger partial charge in [-0.2, -0.15) is 0 Å². The van der Waals surface area contributed by atoms with Crippen molar-refractivity contribution in [1.82, 2.24) is 0 Å². The van der Waals surface area contributed by atoms with Crippen molar-refractivity contribution in [2.75, 3.05) is 0 Å². The van der Waals surface area contributed by atoms with E-state index in [-0.39, 0.29) is 5.41 Å². The van der Waals surface area contributed by atoms with Crippen LogP contribution in [0.15, 0.2) is 84.9 Å². The second-order valence-electron chi connectivity index (χ2n) is 8.06. The van der Waals surface area contributed by atoms with Crippen LogP contribution >= 0.6 is 0 Å². The molecule has 0 radical (unpaired) electrons. The quantitative estimate of drug-likeness (QED) is 0.309. The summed E-state index contributed by atoms with van der Waals surface area (Å²) in [5.74, 6) is 0. The molecule has 0 heterocycles. The highest BCUT2D eigenvalue weighted by Gasteiger charge is 2.33. The molecule has 28 heavy (non-hydrogen) atoms. The fourth-order valence-corrected chi connectivity index (χ4v) is 4.75. The fourth-order valence-electron chi connectivity index (χ4n) is 4.75. The first-order chi connectivity index (χ1) is 13.8. The van der Waals surface area contributed by atoms with Gasteiger partial charge in [0.05, 0.1) is 0 Å². The smallest absolute Gasteiger partial charge is 0.0203 e. The van der Waals surface area contributed by atoms with E-state index in [4.69, 9.17) is 0 Å². The van der Waals surface area contributed by atoms with E-state index in [9.17, 15) is 0 Å². The molecule has 0 saturated carbocycles. The lowest BCUT2D eigenvalue weighted by Gasteiger charge is -2.36. The number of fused-ring (bicyclic) bond motifs is 2. The Hall–Kier alpha value is -2.60. The van der Waals surface area contributed by atoms with E-state index >= 15 is 0 Å². The predicted molar refractivity (Wildman–Crippen MR) is 123 cm³/mol. The molecule has 4 aromatic carbocycles. The van der Waals surface area contributed by atoms with Gasteiger partial charge in [-0.1, -0.05) is 118 Å². The zero-order chi connectivity index (χ0) is 19.4. The van der Waals surface area contributed by atoms with Crippen molar-refractivity contribution in [3.05, 3.63) is 96.1 Å². The van der Waals surface area contributed by atoms with Gasteiger partial charge < -0.3 is 0 Å². The molecular weight excluding hydrogens is 336 g/mol. The molecule has 0 unspecified atom stereocenters. The average molecular weight is 367 g/mol. The lowest BCUT2D eigenvalue weighted by Crippen LogP contribution is -2.28. The molecule has 0 bridgehead atoms. The summed E-state index contributed by atoms with van der Waals surface area (Å²) in [5.41, 5.74) is 3.02. The van der Waals surface area contributed by atoms with Gasteiger partial charge >= 0.3 is 0 Å². The molecule has 4 aromatic rings. The van der Waals surface area contributed by atoms with Crippen LogP contribution in [0.25, 0.3) is 21.5 Å². The van der Waals surface area contributed by atoms with Crippen LogP contribution in [0.4, 0.5) is 0 Å². The molecule has 0 aromatic heterocycles. The molecule has 0 saturated heterocycles. The molecule has 0 N–H and O–H groups in total. The van der Waals surface area contributed by atoms with Crippen molar-refractivity contribution in [2.24, 2.45) is 0 Å². The van der Waals surface area contributed by atoms with Crippen LogP contribution in [0.1, 0.15) is 57.1 Å².